The van der Waals surface area contributed by atoms with Crippen LogP contribution in [0.5, 0.6) is 0 Å². The van der Waals surface area contributed by atoms with Gasteiger partial charge in [0, 0.05) is 20.1 Å². The second-order valence-electron chi connectivity index (χ2n) is 4.66. The van der Waals surface area contributed by atoms with Gasteiger partial charge in [-0.2, -0.15) is 0 Å². The van der Waals surface area contributed by atoms with Gasteiger partial charge in [-0.15, -0.1) is 0 Å². The van der Waals surface area contributed by atoms with Crippen molar-refractivity contribution in [2.75, 3.05) is 31.4 Å². The quantitative estimate of drug-likeness (QED) is 0.815. The molecule has 2 atom stereocenters. The van der Waals surface area contributed by atoms with Crippen molar-refractivity contribution in [3.8, 4) is 0 Å². The fourth-order valence-corrected chi connectivity index (χ4v) is 1.75. The first-order chi connectivity index (χ1) is 8.47. The van der Waals surface area contributed by atoms with Crippen molar-refractivity contribution in [3.63, 3.8) is 0 Å². The Morgan fingerprint density at radius 2 is 1.89 bits per heavy atom. The summed E-state index contributed by atoms with van der Waals surface area (Å²) in [5, 5.41) is 3.36. The third-order valence-electron chi connectivity index (χ3n) is 3.09. The summed E-state index contributed by atoms with van der Waals surface area (Å²) >= 11 is 0. The molecule has 0 amide bonds. The van der Waals surface area contributed by atoms with Gasteiger partial charge in [0.05, 0.1) is 24.4 Å². The van der Waals surface area contributed by atoms with E-state index in [9.17, 15) is 4.79 Å². The number of nitrogens with zero attached hydrogens (tertiary/aromatic N) is 1. The van der Waals surface area contributed by atoms with Crippen LogP contribution in [0.15, 0.2) is 24.3 Å². The minimum absolute atomic E-state index is 0.0125. The van der Waals surface area contributed by atoms with Gasteiger partial charge in [-0.05, 0) is 26.0 Å². The Morgan fingerprint density at radius 1 is 1.28 bits per heavy atom. The van der Waals surface area contributed by atoms with E-state index in [1.54, 1.807) is 0 Å². The summed E-state index contributed by atoms with van der Waals surface area (Å²) in [7, 11) is 5.41. The van der Waals surface area contributed by atoms with Crippen LogP contribution in [0.3, 0.4) is 0 Å². The fourth-order valence-electron chi connectivity index (χ4n) is 1.75. The van der Waals surface area contributed by atoms with Gasteiger partial charge in [0.15, 0.2) is 0 Å². The number of ether oxygens (including phenoxy) is 1. The topological polar surface area (TPSA) is 41.6 Å². The molecular formula is C14H22N2O2. The average molecular weight is 250 g/mol. The molecular weight excluding hydrogens is 228 g/mol. The van der Waals surface area contributed by atoms with Gasteiger partial charge in [0.1, 0.15) is 0 Å². The molecule has 0 aliphatic carbocycles. The van der Waals surface area contributed by atoms with E-state index in [1.807, 2.05) is 57.1 Å². The van der Waals surface area contributed by atoms with Crippen LogP contribution >= 0.6 is 0 Å². The van der Waals surface area contributed by atoms with E-state index in [4.69, 9.17) is 4.74 Å². The highest BCUT2D eigenvalue weighted by molar-refractivity contribution is 5.75. The van der Waals surface area contributed by atoms with Crippen LogP contribution in [0.4, 0.5) is 11.4 Å². The number of nitrogens with one attached hydrogen (secondary N) is 1. The van der Waals surface area contributed by atoms with Crippen molar-refractivity contribution in [2.24, 2.45) is 5.92 Å². The minimum Gasteiger partial charge on any atom is -0.469 e. The summed E-state index contributed by atoms with van der Waals surface area (Å²) in [5.74, 6) is -0.387. The van der Waals surface area contributed by atoms with Crippen LogP contribution < -0.4 is 10.2 Å². The fraction of sp³-hybridized carbons (Fsp3) is 0.500. The molecule has 2 unspecified atom stereocenters. The number of esters is 1. The lowest BCUT2D eigenvalue weighted by molar-refractivity contribution is -0.145. The molecule has 1 aromatic rings. The maximum Gasteiger partial charge on any atom is 0.310 e. The van der Waals surface area contributed by atoms with Gasteiger partial charge in [-0.3, -0.25) is 4.79 Å². The first-order valence-electron chi connectivity index (χ1n) is 6.08. The maximum absolute atomic E-state index is 11.5. The summed E-state index contributed by atoms with van der Waals surface area (Å²) in [6.07, 6.45) is 0. The standard InChI is InChI=1S/C14H22N2O2/c1-10(14(17)18-5)11(2)15-12-8-6-7-9-13(12)16(3)4/h6-11,15H,1-5H3. The van der Waals surface area contributed by atoms with Gasteiger partial charge in [0.2, 0.25) is 0 Å². The second-order valence-corrected chi connectivity index (χ2v) is 4.66. The number of anilines is 2. The Hall–Kier alpha value is -1.71. The van der Waals surface area contributed by atoms with E-state index in [0.717, 1.165) is 11.4 Å². The van der Waals surface area contributed by atoms with Gasteiger partial charge in [-0.1, -0.05) is 12.1 Å². The monoisotopic (exact) mass is 250 g/mol. The van der Waals surface area contributed by atoms with E-state index in [2.05, 4.69) is 5.32 Å². The zero-order valence-corrected chi connectivity index (χ0v) is 11.7. The van der Waals surface area contributed by atoms with Crippen LogP contribution in [0, 0.1) is 5.92 Å². The van der Waals surface area contributed by atoms with E-state index < -0.39 is 0 Å². The van der Waals surface area contributed by atoms with Crippen molar-refractivity contribution < 1.29 is 9.53 Å². The number of hydrogen-bond acceptors (Lipinski definition) is 4. The predicted molar refractivity (Wildman–Crippen MR) is 75.0 cm³/mol. The largest absolute Gasteiger partial charge is 0.469 e. The first kappa shape index (κ1) is 14.4. The lowest BCUT2D eigenvalue weighted by atomic mass is 10.0. The molecule has 1 N–H and O–H groups in total. The minimum atomic E-state index is -0.197. The van der Waals surface area contributed by atoms with E-state index >= 15 is 0 Å². The molecule has 0 aliphatic heterocycles. The number of para-hydroxylation sites is 2. The van der Waals surface area contributed by atoms with Gasteiger partial charge < -0.3 is 15.0 Å². The van der Waals surface area contributed by atoms with Crippen LogP contribution in [0.2, 0.25) is 0 Å². The van der Waals surface area contributed by atoms with Gasteiger partial charge in [-0.25, -0.2) is 0 Å². The summed E-state index contributed by atoms with van der Waals surface area (Å²) < 4.78 is 4.76. The number of methoxy groups -OCH3 is 1. The Bertz CT molecular complexity index is 405. The van der Waals surface area contributed by atoms with Crippen molar-refractivity contribution in [1.29, 1.82) is 0 Å². The first-order valence-corrected chi connectivity index (χ1v) is 6.08. The Morgan fingerprint density at radius 3 is 2.44 bits per heavy atom. The highest BCUT2D eigenvalue weighted by Gasteiger charge is 2.21. The molecule has 0 spiro atoms. The molecule has 0 radical (unpaired) electrons. The molecule has 100 valence electrons. The molecule has 1 rings (SSSR count). The highest BCUT2D eigenvalue weighted by Crippen LogP contribution is 2.25. The Kier molecular flexibility index (Phi) is 5.01. The van der Waals surface area contributed by atoms with Gasteiger partial charge in [0.25, 0.3) is 0 Å². The zero-order valence-electron chi connectivity index (χ0n) is 11.7. The summed E-state index contributed by atoms with van der Waals surface area (Å²) in [4.78, 5) is 13.5. The maximum atomic E-state index is 11.5. The normalized spacial score (nSPS) is 13.6. The molecule has 0 bridgehead atoms. The molecule has 0 saturated heterocycles. The Labute approximate surface area is 109 Å². The van der Waals surface area contributed by atoms with Crippen molar-refractivity contribution in [3.05, 3.63) is 24.3 Å². The lowest BCUT2D eigenvalue weighted by Crippen LogP contribution is -2.31. The van der Waals surface area contributed by atoms with Gasteiger partial charge >= 0.3 is 5.97 Å². The average Bonchev–Trinajstić information content (AvgIpc) is 2.37. The van der Waals surface area contributed by atoms with E-state index in [0.29, 0.717) is 0 Å². The van der Waals surface area contributed by atoms with E-state index in [1.165, 1.54) is 7.11 Å². The lowest BCUT2D eigenvalue weighted by Gasteiger charge is -2.24. The van der Waals surface area contributed by atoms with Crippen LogP contribution in [0.1, 0.15) is 13.8 Å². The number of hydrogen-bond donors (Lipinski definition) is 1. The zero-order chi connectivity index (χ0) is 13.7. The predicted octanol–water partition coefficient (Wildman–Crippen LogP) is 2.36. The number of rotatable bonds is 5. The Balaban J connectivity index is 2.81. The number of carbonyl (C=O) groups is 1. The molecule has 0 heterocycles. The van der Waals surface area contributed by atoms with E-state index in [-0.39, 0.29) is 17.9 Å². The summed E-state index contributed by atoms with van der Waals surface area (Å²) in [6.45, 7) is 3.84. The third-order valence-corrected chi connectivity index (χ3v) is 3.09. The van der Waals surface area contributed by atoms with Crippen LogP contribution in [0.25, 0.3) is 0 Å². The summed E-state index contributed by atoms with van der Waals surface area (Å²) in [6, 6.07) is 8.03. The molecule has 1 aromatic carbocycles. The molecule has 18 heavy (non-hydrogen) atoms. The molecule has 0 fully saturated rings. The van der Waals surface area contributed by atoms with Crippen LogP contribution in [-0.4, -0.2) is 33.2 Å². The highest BCUT2D eigenvalue weighted by atomic mass is 16.5. The van der Waals surface area contributed by atoms with Crippen molar-refractivity contribution in [1.82, 2.24) is 0 Å². The van der Waals surface area contributed by atoms with Crippen molar-refractivity contribution in [2.45, 2.75) is 19.9 Å². The third kappa shape index (κ3) is 3.39. The molecule has 0 aromatic heterocycles. The number of benzene rings is 1. The number of carbonyl (C=O) groups excluding carboxylic acids is 1. The van der Waals surface area contributed by atoms with Crippen LogP contribution in [-0.2, 0) is 9.53 Å². The van der Waals surface area contributed by atoms with Crippen molar-refractivity contribution >= 4 is 17.3 Å². The smallest absolute Gasteiger partial charge is 0.310 e. The molecule has 0 aliphatic rings. The molecule has 0 saturated carbocycles. The molecule has 4 heteroatoms. The SMILES string of the molecule is COC(=O)C(C)C(C)Nc1ccccc1N(C)C. The molecule has 4 nitrogen and oxygen atoms in total. The second kappa shape index (κ2) is 6.28. The summed E-state index contributed by atoms with van der Waals surface area (Å²) in [5.41, 5.74) is 2.12.